The first kappa shape index (κ1) is 15.4. The summed E-state index contributed by atoms with van der Waals surface area (Å²) < 4.78 is 5.08. The lowest BCUT2D eigenvalue weighted by Crippen LogP contribution is -2.41. The second-order valence-electron chi connectivity index (χ2n) is 6.03. The van der Waals surface area contributed by atoms with Crippen molar-refractivity contribution in [3.8, 4) is 0 Å². The molecule has 0 radical (unpaired) electrons. The first-order valence-corrected chi connectivity index (χ1v) is 7.02. The smallest absolute Gasteiger partial charge is 0.221 e. The Labute approximate surface area is 111 Å². The van der Waals surface area contributed by atoms with Crippen molar-refractivity contribution in [3.05, 3.63) is 0 Å². The van der Waals surface area contributed by atoms with Gasteiger partial charge < -0.3 is 15.4 Å². The van der Waals surface area contributed by atoms with Crippen LogP contribution in [0.2, 0.25) is 0 Å². The number of rotatable bonds is 7. The average Bonchev–Trinajstić information content (AvgIpc) is 2.36. The highest BCUT2D eigenvalue weighted by Gasteiger charge is 2.20. The van der Waals surface area contributed by atoms with Crippen molar-refractivity contribution in [1.82, 2.24) is 10.6 Å². The highest BCUT2D eigenvalue weighted by Crippen LogP contribution is 2.19. The minimum Gasteiger partial charge on any atom is -0.385 e. The van der Waals surface area contributed by atoms with Crippen molar-refractivity contribution in [2.75, 3.05) is 26.8 Å². The van der Waals surface area contributed by atoms with Gasteiger partial charge in [-0.3, -0.25) is 4.79 Å². The van der Waals surface area contributed by atoms with Crippen LogP contribution in [0.4, 0.5) is 0 Å². The van der Waals surface area contributed by atoms with Crippen molar-refractivity contribution in [2.24, 2.45) is 5.41 Å². The molecule has 2 N–H and O–H groups in total. The van der Waals surface area contributed by atoms with E-state index in [1.165, 1.54) is 12.8 Å². The van der Waals surface area contributed by atoms with Crippen molar-refractivity contribution in [1.29, 1.82) is 0 Å². The fraction of sp³-hybridized carbons (Fsp3) is 0.929. The Morgan fingerprint density at radius 2 is 2.22 bits per heavy atom. The van der Waals surface area contributed by atoms with Gasteiger partial charge in [0.25, 0.3) is 0 Å². The molecule has 0 aliphatic carbocycles. The van der Waals surface area contributed by atoms with Crippen LogP contribution in [-0.2, 0) is 9.53 Å². The zero-order valence-corrected chi connectivity index (χ0v) is 12.1. The molecule has 1 atom stereocenters. The van der Waals surface area contributed by atoms with Gasteiger partial charge in [0, 0.05) is 32.7 Å². The van der Waals surface area contributed by atoms with Gasteiger partial charge in [0.15, 0.2) is 0 Å². The molecule has 0 spiro atoms. The molecule has 1 aliphatic rings. The zero-order chi connectivity index (χ0) is 13.4. The molecule has 0 aromatic rings. The third-order valence-electron chi connectivity index (χ3n) is 3.59. The van der Waals surface area contributed by atoms with Gasteiger partial charge in [-0.05, 0) is 31.2 Å². The molecule has 18 heavy (non-hydrogen) atoms. The molecule has 1 unspecified atom stereocenters. The van der Waals surface area contributed by atoms with E-state index in [-0.39, 0.29) is 11.3 Å². The minimum absolute atomic E-state index is 0.103. The molecule has 4 nitrogen and oxygen atoms in total. The number of piperidine rings is 1. The van der Waals surface area contributed by atoms with E-state index in [1.54, 1.807) is 7.11 Å². The Hall–Kier alpha value is -0.610. The van der Waals surface area contributed by atoms with Gasteiger partial charge in [0.05, 0.1) is 0 Å². The molecule has 1 fully saturated rings. The summed E-state index contributed by atoms with van der Waals surface area (Å²) in [7, 11) is 1.71. The summed E-state index contributed by atoms with van der Waals surface area (Å²) in [6, 6.07) is 0.376. The number of hydrogen-bond donors (Lipinski definition) is 2. The first-order chi connectivity index (χ1) is 8.53. The van der Waals surface area contributed by atoms with Crippen LogP contribution >= 0.6 is 0 Å². The van der Waals surface area contributed by atoms with E-state index in [1.807, 2.05) is 0 Å². The van der Waals surface area contributed by atoms with E-state index in [0.29, 0.717) is 12.5 Å². The highest BCUT2D eigenvalue weighted by atomic mass is 16.5. The standard InChI is InChI=1S/C14H28N2O2/c1-14(2,7-9-18-3)11-16-13(17)10-12-6-4-5-8-15-12/h12,15H,4-11H2,1-3H3,(H,16,17). The Kier molecular flexibility index (Phi) is 6.65. The van der Waals surface area contributed by atoms with E-state index >= 15 is 0 Å². The van der Waals surface area contributed by atoms with Crippen molar-refractivity contribution in [2.45, 2.75) is 52.0 Å². The van der Waals surface area contributed by atoms with Crippen LogP contribution in [0.3, 0.4) is 0 Å². The van der Waals surface area contributed by atoms with Gasteiger partial charge in [-0.2, -0.15) is 0 Å². The summed E-state index contributed by atoms with van der Waals surface area (Å²) in [5, 5.41) is 6.45. The van der Waals surface area contributed by atoms with Crippen molar-refractivity contribution < 1.29 is 9.53 Å². The first-order valence-electron chi connectivity index (χ1n) is 7.02. The molecule has 0 aromatic carbocycles. The molecule has 0 saturated carbocycles. The zero-order valence-electron chi connectivity index (χ0n) is 12.1. The predicted molar refractivity (Wildman–Crippen MR) is 73.5 cm³/mol. The number of carbonyl (C=O) groups excluding carboxylic acids is 1. The maximum Gasteiger partial charge on any atom is 0.221 e. The van der Waals surface area contributed by atoms with E-state index in [9.17, 15) is 4.79 Å². The van der Waals surface area contributed by atoms with Crippen molar-refractivity contribution in [3.63, 3.8) is 0 Å². The van der Waals surface area contributed by atoms with E-state index in [0.717, 1.165) is 32.5 Å². The van der Waals surface area contributed by atoms with Gasteiger partial charge in [0.2, 0.25) is 5.91 Å². The van der Waals surface area contributed by atoms with Gasteiger partial charge in [-0.1, -0.05) is 20.3 Å². The van der Waals surface area contributed by atoms with Crippen LogP contribution in [0, 0.1) is 5.41 Å². The molecule has 4 heteroatoms. The number of hydrogen-bond acceptors (Lipinski definition) is 3. The van der Waals surface area contributed by atoms with Crippen LogP contribution in [-0.4, -0.2) is 38.8 Å². The van der Waals surface area contributed by atoms with Gasteiger partial charge in [-0.25, -0.2) is 0 Å². The van der Waals surface area contributed by atoms with Gasteiger partial charge >= 0.3 is 0 Å². The third kappa shape index (κ3) is 6.36. The summed E-state index contributed by atoms with van der Waals surface area (Å²) in [6.07, 6.45) is 5.18. The van der Waals surface area contributed by atoms with Crippen LogP contribution in [0.15, 0.2) is 0 Å². The number of amides is 1. The van der Waals surface area contributed by atoms with Crippen LogP contribution in [0.5, 0.6) is 0 Å². The lowest BCUT2D eigenvalue weighted by molar-refractivity contribution is -0.122. The summed E-state index contributed by atoms with van der Waals surface area (Å²) >= 11 is 0. The van der Waals surface area contributed by atoms with Crippen LogP contribution in [0.1, 0.15) is 46.0 Å². The Morgan fingerprint density at radius 1 is 1.44 bits per heavy atom. The molecule has 1 rings (SSSR count). The monoisotopic (exact) mass is 256 g/mol. The summed E-state index contributed by atoms with van der Waals surface area (Å²) in [5.41, 5.74) is 0.103. The number of methoxy groups -OCH3 is 1. The average molecular weight is 256 g/mol. The number of ether oxygens (including phenoxy) is 1. The van der Waals surface area contributed by atoms with Crippen molar-refractivity contribution >= 4 is 5.91 Å². The third-order valence-corrected chi connectivity index (χ3v) is 3.59. The van der Waals surface area contributed by atoms with E-state index < -0.39 is 0 Å². The maximum absolute atomic E-state index is 11.8. The molecular weight excluding hydrogens is 228 g/mol. The fourth-order valence-electron chi connectivity index (χ4n) is 2.20. The summed E-state index contributed by atoms with van der Waals surface area (Å²) in [5.74, 6) is 0.167. The Morgan fingerprint density at radius 3 is 2.83 bits per heavy atom. The lowest BCUT2D eigenvalue weighted by Gasteiger charge is -2.26. The maximum atomic E-state index is 11.8. The predicted octanol–water partition coefficient (Wildman–Crippen LogP) is 1.70. The molecule has 106 valence electrons. The van der Waals surface area contributed by atoms with E-state index in [4.69, 9.17) is 4.74 Å². The fourth-order valence-corrected chi connectivity index (χ4v) is 2.20. The molecule has 0 bridgehead atoms. The summed E-state index contributed by atoms with van der Waals surface area (Å²) in [6.45, 7) is 6.84. The molecule has 1 heterocycles. The summed E-state index contributed by atoms with van der Waals surface area (Å²) in [4.78, 5) is 11.8. The molecular formula is C14H28N2O2. The van der Waals surface area contributed by atoms with Crippen LogP contribution in [0.25, 0.3) is 0 Å². The molecule has 1 saturated heterocycles. The Bertz CT molecular complexity index is 248. The molecule has 1 amide bonds. The topological polar surface area (TPSA) is 50.4 Å². The minimum atomic E-state index is 0.103. The van der Waals surface area contributed by atoms with Gasteiger partial charge in [0.1, 0.15) is 0 Å². The Balaban J connectivity index is 2.19. The van der Waals surface area contributed by atoms with Crippen LogP contribution < -0.4 is 10.6 Å². The van der Waals surface area contributed by atoms with E-state index in [2.05, 4.69) is 24.5 Å². The normalized spacial score (nSPS) is 20.7. The largest absolute Gasteiger partial charge is 0.385 e. The number of carbonyl (C=O) groups is 1. The second kappa shape index (κ2) is 7.74. The second-order valence-corrected chi connectivity index (χ2v) is 6.03. The SMILES string of the molecule is COCCC(C)(C)CNC(=O)CC1CCCCN1. The highest BCUT2D eigenvalue weighted by molar-refractivity contribution is 5.76. The van der Waals surface area contributed by atoms with Gasteiger partial charge in [-0.15, -0.1) is 0 Å². The molecule has 0 aromatic heterocycles. The quantitative estimate of drug-likeness (QED) is 0.729. The molecule has 1 aliphatic heterocycles. The number of nitrogens with one attached hydrogen (secondary N) is 2. The lowest BCUT2D eigenvalue weighted by atomic mass is 9.89.